The minimum atomic E-state index is -3.65. The Bertz CT molecular complexity index is 1320. The molecule has 1 aliphatic heterocycles. The van der Waals surface area contributed by atoms with Crippen molar-refractivity contribution in [3.8, 4) is 0 Å². The number of para-hydroxylation sites is 1. The second kappa shape index (κ2) is 13.1. The number of carbonyl (C=O) groups is 1. The van der Waals surface area contributed by atoms with Gasteiger partial charge in [0.2, 0.25) is 10.0 Å². The molecule has 3 aromatic rings. The van der Waals surface area contributed by atoms with Gasteiger partial charge in [0.1, 0.15) is 11.3 Å². The summed E-state index contributed by atoms with van der Waals surface area (Å²) in [6.45, 7) is 8.98. The molecule has 4 rings (SSSR count). The highest BCUT2D eigenvalue weighted by Gasteiger charge is 2.25. The van der Waals surface area contributed by atoms with Gasteiger partial charge in [0.15, 0.2) is 5.13 Å². The molecule has 2 aromatic carbocycles. The van der Waals surface area contributed by atoms with Crippen LogP contribution in [0.4, 0.5) is 9.52 Å². The van der Waals surface area contributed by atoms with E-state index in [1.165, 1.54) is 33.8 Å². The Hall–Kier alpha value is -2.44. The third-order valence-electron chi connectivity index (χ3n) is 6.65. The van der Waals surface area contributed by atoms with E-state index in [1.54, 1.807) is 29.2 Å². The van der Waals surface area contributed by atoms with Crippen LogP contribution in [-0.4, -0.2) is 81.0 Å². The molecule has 2 heterocycles. The van der Waals surface area contributed by atoms with Crippen molar-refractivity contribution in [2.45, 2.75) is 38.0 Å². The topological polar surface area (TPSA) is 83.1 Å². The summed E-state index contributed by atoms with van der Waals surface area (Å²) >= 11 is 1.27. The molecule has 1 saturated heterocycles. The fraction of sp³-hybridized carbons (Fsp3) is 0.481. The standard InChI is InChI=1S/C27H35FN4O4S2/c1-3-5-15-31(4-2)38(34,35)22-12-10-21(11-13-22)26(33)32(16-7-14-30-17-19-36-20-18-30)27-29-25-23(28)8-6-9-24(25)37-27/h6,8-13H,3-5,7,14-20H2,1-2H3. The van der Waals surface area contributed by atoms with Gasteiger partial charge in [-0.1, -0.05) is 37.7 Å². The highest BCUT2D eigenvalue weighted by molar-refractivity contribution is 7.89. The summed E-state index contributed by atoms with van der Waals surface area (Å²) in [5.74, 6) is -0.724. The van der Waals surface area contributed by atoms with Crippen molar-refractivity contribution in [3.05, 3.63) is 53.8 Å². The minimum Gasteiger partial charge on any atom is -0.379 e. The Morgan fingerprint density at radius 2 is 1.82 bits per heavy atom. The van der Waals surface area contributed by atoms with E-state index >= 15 is 0 Å². The maximum atomic E-state index is 14.4. The van der Waals surface area contributed by atoms with E-state index in [-0.39, 0.29) is 16.3 Å². The SMILES string of the molecule is CCCCN(CC)S(=O)(=O)c1ccc(C(=O)N(CCCN2CCOCC2)c2nc3c(F)cccc3s2)cc1. The van der Waals surface area contributed by atoms with Gasteiger partial charge in [-0.05, 0) is 49.2 Å². The zero-order valence-electron chi connectivity index (χ0n) is 21.9. The minimum absolute atomic E-state index is 0.160. The monoisotopic (exact) mass is 562 g/mol. The number of carbonyl (C=O) groups excluding carboxylic acids is 1. The maximum absolute atomic E-state index is 14.4. The largest absolute Gasteiger partial charge is 0.379 e. The molecule has 1 aliphatic rings. The van der Waals surface area contributed by atoms with Crippen LogP contribution < -0.4 is 4.90 Å². The number of rotatable bonds is 12. The summed E-state index contributed by atoms with van der Waals surface area (Å²) in [5, 5.41) is 0.422. The number of benzene rings is 2. The number of sulfonamides is 1. The quantitative estimate of drug-likeness (QED) is 0.321. The van der Waals surface area contributed by atoms with Crippen molar-refractivity contribution >= 4 is 42.6 Å². The van der Waals surface area contributed by atoms with E-state index in [0.717, 1.165) is 32.5 Å². The number of amides is 1. The fourth-order valence-corrected chi connectivity index (χ4v) is 6.93. The second-order valence-corrected chi connectivity index (χ2v) is 12.2. The summed E-state index contributed by atoms with van der Waals surface area (Å²) < 4.78 is 48.1. The third kappa shape index (κ3) is 6.58. The first-order valence-electron chi connectivity index (χ1n) is 13.1. The molecule has 206 valence electrons. The molecule has 0 atom stereocenters. The van der Waals surface area contributed by atoms with E-state index in [1.807, 2.05) is 13.8 Å². The first-order chi connectivity index (χ1) is 18.3. The van der Waals surface area contributed by atoms with Gasteiger partial charge < -0.3 is 4.74 Å². The lowest BCUT2D eigenvalue weighted by Gasteiger charge is -2.27. The van der Waals surface area contributed by atoms with Crippen LogP contribution in [0.3, 0.4) is 0 Å². The second-order valence-electron chi connectivity index (χ2n) is 9.22. The average Bonchev–Trinajstić information content (AvgIpc) is 3.37. The molecule has 11 heteroatoms. The van der Waals surface area contributed by atoms with Crippen molar-refractivity contribution in [3.63, 3.8) is 0 Å². The van der Waals surface area contributed by atoms with Crippen molar-refractivity contribution in [2.24, 2.45) is 0 Å². The maximum Gasteiger partial charge on any atom is 0.260 e. The predicted molar refractivity (Wildman–Crippen MR) is 149 cm³/mol. The summed E-state index contributed by atoms with van der Waals surface area (Å²) in [7, 11) is -3.65. The molecule has 0 aliphatic carbocycles. The Kier molecular flexibility index (Phi) is 9.83. The number of hydrogen-bond acceptors (Lipinski definition) is 7. The van der Waals surface area contributed by atoms with Crippen molar-refractivity contribution < 1.29 is 22.3 Å². The predicted octanol–water partition coefficient (Wildman–Crippen LogP) is 4.62. The van der Waals surface area contributed by atoms with Crippen LogP contribution in [0.25, 0.3) is 10.2 Å². The Labute approximate surface area is 228 Å². The lowest BCUT2D eigenvalue weighted by atomic mass is 10.2. The molecule has 0 N–H and O–H groups in total. The van der Waals surface area contributed by atoms with E-state index in [9.17, 15) is 17.6 Å². The van der Waals surface area contributed by atoms with Crippen molar-refractivity contribution in [1.29, 1.82) is 0 Å². The molecule has 0 unspecified atom stereocenters. The average molecular weight is 563 g/mol. The first-order valence-corrected chi connectivity index (χ1v) is 15.4. The van der Waals surface area contributed by atoms with Crippen molar-refractivity contribution in [1.82, 2.24) is 14.2 Å². The van der Waals surface area contributed by atoms with Gasteiger partial charge in [-0.15, -0.1) is 0 Å². The highest BCUT2D eigenvalue weighted by Crippen LogP contribution is 2.31. The molecule has 0 spiro atoms. The summed E-state index contributed by atoms with van der Waals surface area (Å²) in [5.41, 5.74) is 0.596. The molecule has 1 aromatic heterocycles. The molecule has 0 saturated carbocycles. The van der Waals surface area contributed by atoms with Gasteiger partial charge in [0.05, 0.1) is 22.8 Å². The number of thiazole rings is 1. The van der Waals surface area contributed by atoms with Gasteiger partial charge in [-0.2, -0.15) is 4.31 Å². The Balaban J connectivity index is 1.57. The highest BCUT2D eigenvalue weighted by atomic mass is 32.2. The lowest BCUT2D eigenvalue weighted by molar-refractivity contribution is 0.0376. The summed E-state index contributed by atoms with van der Waals surface area (Å²) in [4.78, 5) is 22.2. The molecule has 0 bridgehead atoms. The number of morpholine rings is 1. The zero-order chi connectivity index (χ0) is 27.1. The molecular weight excluding hydrogens is 527 g/mol. The van der Waals surface area contributed by atoms with Crippen LogP contribution in [0.1, 0.15) is 43.5 Å². The van der Waals surface area contributed by atoms with Crippen LogP contribution in [0, 0.1) is 5.82 Å². The fourth-order valence-electron chi connectivity index (χ4n) is 4.44. The number of aromatic nitrogens is 1. The molecule has 8 nitrogen and oxygen atoms in total. The molecular formula is C27H35FN4O4S2. The van der Waals surface area contributed by atoms with Crippen LogP contribution in [-0.2, 0) is 14.8 Å². The van der Waals surface area contributed by atoms with E-state index in [4.69, 9.17) is 4.74 Å². The lowest BCUT2D eigenvalue weighted by Crippen LogP contribution is -2.39. The van der Waals surface area contributed by atoms with Gasteiger partial charge in [-0.3, -0.25) is 14.6 Å². The van der Waals surface area contributed by atoms with Crippen LogP contribution in [0.2, 0.25) is 0 Å². The van der Waals surface area contributed by atoms with Crippen LogP contribution >= 0.6 is 11.3 Å². The number of nitrogens with zero attached hydrogens (tertiary/aromatic N) is 4. The number of unbranched alkanes of at least 4 members (excludes halogenated alkanes) is 1. The van der Waals surface area contributed by atoms with E-state index in [0.29, 0.717) is 54.7 Å². The van der Waals surface area contributed by atoms with E-state index < -0.39 is 15.8 Å². The third-order valence-corrected chi connectivity index (χ3v) is 9.68. The number of fused-ring (bicyclic) bond motifs is 1. The summed E-state index contributed by atoms with van der Waals surface area (Å²) in [6, 6.07) is 10.8. The number of ether oxygens (including phenoxy) is 1. The smallest absolute Gasteiger partial charge is 0.260 e. The first kappa shape index (κ1) is 28.6. The van der Waals surface area contributed by atoms with Crippen LogP contribution in [0.15, 0.2) is 47.4 Å². The summed E-state index contributed by atoms with van der Waals surface area (Å²) in [6.07, 6.45) is 2.39. The number of halogens is 1. The van der Waals surface area contributed by atoms with Gasteiger partial charge in [0, 0.05) is 44.8 Å². The molecule has 38 heavy (non-hydrogen) atoms. The van der Waals surface area contributed by atoms with Crippen LogP contribution in [0.5, 0.6) is 0 Å². The van der Waals surface area contributed by atoms with Gasteiger partial charge >= 0.3 is 0 Å². The molecule has 1 amide bonds. The zero-order valence-corrected chi connectivity index (χ0v) is 23.6. The van der Waals surface area contributed by atoms with Gasteiger partial charge in [0.25, 0.3) is 5.91 Å². The van der Waals surface area contributed by atoms with Gasteiger partial charge in [-0.25, -0.2) is 17.8 Å². The Morgan fingerprint density at radius 1 is 1.08 bits per heavy atom. The van der Waals surface area contributed by atoms with E-state index in [2.05, 4.69) is 9.88 Å². The molecule has 1 fully saturated rings. The number of anilines is 1. The number of hydrogen-bond donors (Lipinski definition) is 0. The Morgan fingerprint density at radius 3 is 2.47 bits per heavy atom. The van der Waals surface area contributed by atoms with Crippen molar-refractivity contribution in [2.75, 3.05) is 57.4 Å². The normalized spacial score (nSPS) is 14.8. The molecule has 0 radical (unpaired) electrons.